The smallest absolute Gasteiger partial charge is 0.327 e. The van der Waals surface area contributed by atoms with Crippen LogP contribution in [0.3, 0.4) is 0 Å². The van der Waals surface area contributed by atoms with E-state index in [1.807, 2.05) is 52.0 Å². The number of hydrogen-bond donors (Lipinski definition) is 2. The number of amides is 2. The van der Waals surface area contributed by atoms with Gasteiger partial charge in [-0.15, -0.1) is 0 Å². The van der Waals surface area contributed by atoms with Gasteiger partial charge in [0.2, 0.25) is 0 Å². The van der Waals surface area contributed by atoms with Gasteiger partial charge in [0.05, 0.1) is 11.1 Å². The van der Waals surface area contributed by atoms with Crippen molar-refractivity contribution in [3.63, 3.8) is 0 Å². The molecule has 0 fully saturated rings. The van der Waals surface area contributed by atoms with E-state index in [0.29, 0.717) is 0 Å². The molecule has 0 aliphatic carbocycles. The van der Waals surface area contributed by atoms with Gasteiger partial charge in [0.15, 0.2) is 0 Å². The van der Waals surface area contributed by atoms with E-state index in [0.717, 1.165) is 11.1 Å². The van der Waals surface area contributed by atoms with Crippen molar-refractivity contribution in [1.82, 2.24) is 29.7 Å². The van der Waals surface area contributed by atoms with Crippen molar-refractivity contribution in [2.24, 2.45) is 0 Å². The molecule has 146 valence electrons. The van der Waals surface area contributed by atoms with Crippen molar-refractivity contribution < 1.29 is 9.59 Å². The predicted molar refractivity (Wildman–Crippen MR) is 105 cm³/mol. The molecular weight excluding hydrogens is 356 g/mol. The lowest BCUT2D eigenvalue weighted by molar-refractivity contribution is 0.227. The first kappa shape index (κ1) is 19.3. The Kier molecular flexibility index (Phi) is 5.04. The minimum atomic E-state index is -0.686. The second-order valence-electron chi connectivity index (χ2n) is 7.60. The number of benzene rings is 1. The van der Waals surface area contributed by atoms with E-state index in [2.05, 4.69) is 20.6 Å². The first-order valence-corrected chi connectivity index (χ1v) is 8.92. The largest absolute Gasteiger partial charge is 0.328 e. The van der Waals surface area contributed by atoms with Crippen LogP contribution in [0.15, 0.2) is 61.7 Å². The van der Waals surface area contributed by atoms with Crippen LogP contribution in [0.5, 0.6) is 0 Å². The van der Waals surface area contributed by atoms with Crippen LogP contribution in [0.2, 0.25) is 0 Å². The Hall–Kier alpha value is -3.42. The van der Waals surface area contributed by atoms with Crippen LogP contribution in [-0.2, 0) is 11.1 Å². The molecule has 8 heteroatoms. The van der Waals surface area contributed by atoms with Gasteiger partial charge < -0.3 is 10.6 Å². The highest BCUT2D eigenvalue weighted by atomic mass is 16.2. The van der Waals surface area contributed by atoms with Crippen LogP contribution >= 0.6 is 0 Å². The van der Waals surface area contributed by atoms with Gasteiger partial charge in [0.1, 0.15) is 12.7 Å². The molecule has 28 heavy (non-hydrogen) atoms. The van der Waals surface area contributed by atoms with Crippen molar-refractivity contribution >= 4 is 12.1 Å². The number of imidazole rings is 2. The Balaban J connectivity index is 1.89. The molecular formula is C20H24N6O2. The molecule has 0 bridgehead atoms. The Morgan fingerprint density at radius 2 is 1.18 bits per heavy atom. The van der Waals surface area contributed by atoms with Crippen molar-refractivity contribution in [2.45, 2.75) is 38.8 Å². The normalized spacial score (nSPS) is 11.9. The zero-order chi connectivity index (χ0) is 20.4. The average Bonchev–Trinajstić information content (AvgIpc) is 3.35. The predicted octanol–water partition coefficient (Wildman–Crippen LogP) is 3.07. The molecule has 0 atom stereocenters. The van der Waals surface area contributed by atoms with E-state index in [-0.39, 0.29) is 12.1 Å². The summed E-state index contributed by atoms with van der Waals surface area (Å²) < 4.78 is 2.77. The molecule has 3 aromatic rings. The highest BCUT2D eigenvalue weighted by Gasteiger charge is 2.33. The highest BCUT2D eigenvalue weighted by molar-refractivity contribution is 5.78. The Morgan fingerprint density at radius 1 is 0.786 bits per heavy atom. The Labute approximate surface area is 163 Å². The van der Waals surface area contributed by atoms with Gasteiger partial charge in [-0.25, -0.2) is 19.6 Å². The number of rotatable bonds is 4. The molecule has 2 N–H and O–H groups in total. The molecule has 2 amide bonds. The summed E-state index contributed by atoms with van der Waals surface area (Å²) in [6.07, 6.45) is 9.18. The summed E-state index contributed by atoms with van der Waals surface area (Å²) >= 11 is 0. The van der Waals surface area contributed by atoms with Crippen LogP contribution in [0.1, 0.15) is 38.8 Å². The third-order valence-corrected chi connectivity index (χ3v) is 4.59. The van der Waals surface area contributed by atoms with Crippen molar-refractivity contribution in [1.29, 1.82) is 0 Å². The third-order valence-electron chi connectivity index (χ3n) is 4.59. The molecule has 0 radical (unpaired) electrons. The van der Waals surface area contributed by atoms with E-state index >= 15 is 0 Å². The summed E-state index contributed by atoms with van der Waals surface area (Å²) in [5.41, 5.74) is 0.433. The van der Waals surface area contributed by atoms with Gasteiger partial charge in [0, 0.05) is 24.8 Å². The van der Waals surface area contributed by atoms with E-state index in [9.17, 15) is 9.59 Å². The minimum Gasteiger partial charge on any atom is -0.328 e. The quantitative estimate of drug-likeness (QED) is 0.727. The number of nitrogens with zero attached hydrogens (tertiary/aromatic N) is 4. The molecule has 0 unspecified atom stereocenters. The zero-order valence-electron chi connectivity index (χ0n) is 16.4. The fourth-order valence-corrected chi connectivity index (χ4v) is 3.13. The van der Waals surface area contributed by atoms with E-state index in [1.54, 1.807) is 24.8 Å². The molecule has 0 saturated carbocycles. The summed E-state index contributed by atoms with van der Waals surface area (Å²) in [7, 11) is 0. The monoisotopic (exact) mass is 380 g/mol. The van der Waals surface area contributed by atoms with Gasteiger partial charge in [-0.1, -0.05) is 24.3 Å². The third kappa shape index (κ3) is 3.95. The second-order valence-corrected chi connectivity index (χ2v) is 7.60. The fraction of sp³-hybridized carbons (Fsp3) is 0.300. The summed E-state index contributed by atoms with van der Waals surface area (Å²) in [4.78, 5) is 32.9. The molecule has 2 heterocycles. The van der Waals surface area contributed by atoms with Gasteiger partial charge in [-0.2, -0.15) is 0 Å². The molecule has 0 saturated heterocycles. The maximum Gasteiger partial charge on any atom is 0.327 e. The Morgan fingerprint density at radius 3 is 1.50 bits per heavy atom. The standard InChI is InChI=1S/C20H24N6O2/c1-19(2,23-17(27)25-11-9-21-13-25)15-7-5-6-8-16(15)20(3,4)24-18(28)26-12-10-22-14-26/h5-14H,1-4H3,(H,23,27)(H,24,28). The summed E-state index contributed by atoms with van der Waals surface area (Å²) in [5.74, 6) is 0. The van der Waals surface area contributed by atoms with Crippen molar-refractivity contribution in [3.8, 4) is 0 Å². The topological polar surface area (TPSA) is 93.8 Å². The number of hydrogen-bond acceptors (Lipinski definition) is 4. The van der Waals surface area contributed by atoms with Crippen LogP contribution in [0, 0.1) is 0 Å². The lowest BCUT2D eigenvalue weighted by Gasteiger charge is -2.35. The number of carbonyl (C=O) groups excluding carboxylic acids is 2. The first-order valence-electron chi connectivity index (χ1n) is 8.92. The zero-order valence-corrected chi connectivity index (χ0v) is 16.4. The molecule has 2 aromatic heterocycles. The molecule has 0 spiro atoms. The van der Waals surface area contributed by atoms with Crippen molar-refractivity contribution in [2.75, 3.05) is 0 Å². The molecule has 8 nitrogen and oxygen atoms in total. The average molecular weight is 380 g/mol. The Bertz CT molecular complexity index is 879. The van der Waals surface area contributed by atoms with E-state index < -0.39 is 11.1 Å². The molecule has 0 aliphatic rings. The fourth-order valence-electron chi connectivity index (χ4n) is 3.13. The van der Waals surface area contributed by atoms with Gasteiger partial charge in [-0.3, -0.25) is 9.13 Å². The van der Waals surface area contributed by atoms with Crippen molar-refractivity contribution in [3.05, 3.63) is 72.8 Å². The molecule has 0 aliphatic heterocycles. The van der Waals surface area contributed by atoms with Crippen LogP contribution in [-0.4, -0.2) is 31.2 Å². The molecule has 3 rings (SSSR count). The maximum absolute atomic E-state index is 12.5. The van der Waals surface area contributed by atoms with Gasteiger partial charge in [0.25, 0.3) is 0 Å². The maximum atomic E-state index is 12.5. The van der Waals surface area contributed by atoms with E-state index in [1.165, 1.54) is 21.8 Å². The van der Waals surface area contributed by atoms with Crippen LogP contribution in [0.25, 0.3) is 0 Å². The lowest BCUT2D eigenvalue weighted by atomic mass is 9.82. The summed E-state index contributed by atoms with van der Waals surface area (Å²) in [6.45, 7) is 7.70. The SMILES string of the molecule is CC(C)(NC(=O)n1ccnc1)c1ccccc1C(C)(C)NC(=O)n1ccnc1. The van der Waals surface area contributed by atoms with Gasteiger partial charge in [-0.05, 0) is 38.8 Å². The van der Waals surface area contributed by atoms with Crippen LogP contribution in [0.4, 0.5) is 9.59 Å². The molecule has 1 aromatic carbocycles. The number of carbonyl (C=O) groups is 2. The highest BCUT2D eigenvalue weighted by Crippen LogP contribution is 2.31. The van der Waals surface area contributed by atoms with E-state index in [4.69, 9.17) is 0 Å². The lowest BCUT2D eigenvalue weighted by Crippen LogP contribution is -2.47. The van der Waals surface area contributed by atoms with Gasteiger partial charge >= 0.3 is 12.1 Å². The second kappa shape index (κ2) is 7.30. The summed E-state index contributed by atoms with van der Waals surface area (Å²) in [6, 6.07) is 7.17. The first-order chi connectivity index (χ1) is 13.2. The minimum absolute atomic E-state index is 0.280. The summed E-state index contributed by atoms with van der Waals surface area (Å²) in [5, 5.41) is 6.05. The number of nitrogens with one attached hydrogen (secondary N) is 2. The van der Waals surface area contributed by atoms with Crippen LogP contribution < -0.4 is 10.6 Å². The number of aromatic nitrogens is 4.